The molecule has 1 nitrogen and oxygen atoms in total. The third-order valence-electron chi connectivity index (χ3n) is 0.407. The van der Waals surface area contributed by atoms with Gasteiger partial charge in [-0.25, -0.2) is 0 Å². The van der Waals surface area contributed by atoms with E-state index in [1.54, 1.807) is 0 Å². The first-order valence-electron chi connectivity index (χ1n) is 1.70. The Morgan fingerprint density at radius 1 is 1.38 bits per heavy atom. The summed E-state index contributed by atoms with van der Waals surface area (Å²) in [6, 6.07) is 0. The van der Waals surface area contributed by atoms with E-state index in [0.29, 0.717) is 0 Å². The second-order valence-electron chi connectivity index (χ2n) is 0.729. The van der Waals surface area contributed by atoms with Crippen LogP contribution in [0, 0.1) is 0 Å². The van der Waals surface area contributed by atoms with Crippen LogP contribution in [0.4, 0.5) is 0 Å². The number of rotatable bonds is 2. The van der Waals surface area contributed by atoms with Crippen molar-refractivity contribution in [2.24, 2.45) is 0 Å². The minimum absolute atomic E-state index is 0.779. The van der Waals surface area contributed by atoms with Crippen LogP contribution in [0.25, 0.3) is 0 Å². The Bertz CT molecular complexity index is 62.9. The molecule has 0 aliphatic rings. The van der Waals surface area contributed by atoms with Gasteiger partial charge in [0.05, 0.1) is 0 Å². The Morgan fingerprint density at radius 2 is 1.62 bits per heavy atom. The van der Waals surface area contributed by atoms with Crippen molar-refractivity contribution in [3.05, 3.63) is 22.1 Å². The van der Waals surface area contributed by atoms with Crippen LogP contribution in [0.1, 0.15) is 0 Å². The molecule has 0 fully saturated rings. The Hall–Kier alpha value is -0.162. The predicted octanol–water partition coefficient (Wildman–Crippen LogP) is 1.54. The summed E-state index contributed by atoms with van der Waals surface area (Å²) < 4.78 is 4.02. The zero-order valence-electron chi connectivity index (χ0n) is 4.79. The van der Waals surface area contributed by atoms with E-state index in [-0.39, 0.29) is 0 Å². The number of hydrogen-bond acceptors (Lipinski definition) is 1. The third-order valence-corrected chi connectivity index (χ3v) is 3.33. The van der Waals surface area contributed by atoms with Crippen LogP contribution in [0.5, 0.6) is 0 Å². The van der Waals surface area contributed by atoms with Crippen molar-refractivity contribution in [2.75, 3.05) is 0 Å². The molecule has 2 heteroatoms. The van der Waals surface area contributed by atoms with Crippen LogP contribution in [0.15, 0.2) is 22.1 Å². The fourth-order valence-corrected chi connectivity index (χ4v) is 0.431. The Kier molecular flexibility index (Phi) is 13.4. The second-order valence-corrected chi connectivity index (χ2v) is 5.97. The quantitative estimate of drug-likeness (QED) is 0.754. The topological polar surface area (TPSA) is 17.1 Å². The molecule has 0 aromatic carbocycles. The van der Waals surface area contributed by atoms with Crippen LogP contribution >= 0.6 is 0 Å². The molecule has 0 N–H and O–H groups in total. The summed E-state index contributed by atoms with van der Waals surface area (Å²) in [5, 5.41) is 2.20. The smallest absolute Gasteiger partial charge is 0.281 e. The van der Waals surface area contributed by atoms with Gasteiger partial charge in [-0.2, -0.15) is 0 Å². The van der Waals surface area contributed by atoms with Crippen molar-refractivity contribution < 1.29 is 22.1 Å². The molecule has 8 heavy (non-hydrogen) atoms. The molecule has 0 aliphatic heterocycles. The van der Waals surface area contributed by atoms with Crippen molar-refractivity contribution >= 4 is 6.79 Å². The Labute approximate surface area is 56.7 Å². The summed E-state index contributed by atoms with van der Waals surface area (Å²) in [5.74, 6) is 0. The maximum Gasteiger partial charge on any atom is 0.281 e. The van der Waals surface area contributed by atoms with Crippen molar-refractivity contribution in [3.8, 4) is 0 Å². The van der Waals surface area contributed by atoms with Crippen molar-refractivity contribution in [2.45, 2.75) is 5.31 Å². The van der Waals surface area contributed by atoms with E-state index >= 15 is 0 Å². The molecule has 0 aromatic heterocycles. The van der Waals surface area contributed by atoms with Crippen molar-refractivity contribution in [1.29, 1.82) is 0 Å². The van der Waals surface area contributed by atoms with Gasteiger partial charge in [-0.05, 0) is 0 Å². The zero-order chi connectivity index (χ0) is 6.99. The Balaban J connectivity index is 0. The molecular weight excluding hydrogens is 283 g/mol. The first-order valence-corrected chi connectivity index (χ1v) is 6.60. The Morgan fingerprint density at radius 3 is 1.62 bits per heavy atom. The third kappa shape index (κ3) is 9.28. The molecule has 0 rings (SSSR count). The van der Waals surface area contributed by atoms with Gasteiger partial charge in [0.1, 0.15) is 0 Å². The van der Waals surface area contributed by atoms with E-state index in [4.69, 9.17) is 4.79 Å². The summed E-state index contributed by atoms with van der Waals surface area (Å²) >= 11 is -0.779. The van der Waals surface area contributed by atoms with Crippen LogP contribution in [-0.4, -0.2) is 6.79 Å². The number of hydrogen-bond donors (Lipinski definition) is 0. The fourth-order valence-electron chi connectivity index (χ4n) is 0.0527. The van der Waals surface area contributed by atoms with E-state index in [1.807, 2.05) is 8.93 Å². The normalized spacial score (nSPS) is 7.88. The number of carbonyl (C=O) groups excluding carboxylic acids is 1. The minimum Gasteiger partial charge on any atom is -0.281 e. The van der Waals surface area contributed by atoms with Crippen LogP contribution in [-0.2, 0) is 22.1 Å². The standard InChI is InChI=1S/2C2H3.CO.CH3.Pt/c3*1-2;;/h2*1H,2H2;;1H3;. The molecule has 0 saturated carbocycles. The molecule has 0 heterocycles. The van der Waals surface area contributed by atoms with E-state index in [9.17, 15) is 0 Å². The van der Waals surface area contributed by atoms with Crippen LogP contribution < -0.4 is 0 Å². The molecule has 0 saturated heterocycles. The monoisotopic (exact) mass is 292 g/mol. The van der Waals surface area contributed by atoms with Crippen LogP contribution in [0.3, 0.4) is 0 Å². The van der Waals surface area contributed by atoms with E-state index in [0.717, 1.165) is 0 Å². The molecule has 2 radical (unpaired) electrons. The van der Waals surface area contributed by atoms with Crippen molar-refractivity contribution in [1.82, 2.24) is 0 Å². The molecule has 0 atom stereocenters. The van der Waals surface area contributed by atoms with Gasteiger partial charge in [-0.15, -0.1) is 0 Å². The summed E-state index contributed by atoms with van der Waals surface area (Å²) in [5.41, 5.74) is 0. The second kappa shape index (κ2) is 9.96. The first kappa shape index (κ1) is 10.8. The molecule has 0 spiro atoms. The summed E-state index contributed by atoms with van der Waals surface area (Å²) in [6.07, 6.45) is 0. The largest absolute Gasteiger partial charge is 0.281 e. The van der Waals surface area contributed by atoms with Gasteiger partial charge in [0.25, 0.3) is 6.79 Å². The van der Waals surface area contributed by atoms with Gasteiger partial charge in [-0.3, -0.25) is 4.79 Å². The van der Waals surface area contributed by atoms with E-state index < -0.39 is 17.3 Å². The molecule has 0 aliphatic carbocycles. The van der Waals surface area contributed by atoms with Gasteiger partial charge in [0, 0.05) is 0 Å². The molecule has 0 unspecified atom stereocenters. The van der Waals surface area contributed by atoms with Gasteiger partial charge in [0.15, 0.2) is 0 Å². The minimum atomic E-state index is -0.779. The maximum atomic E-state index is 7.50. The van der Waals surface area contributed by atoms with E-state index in [2.05, 4.69) is 25.3 Å². The van der Waals surface area contributed by atoms with Gasteiger partial charge < -0.3 is 0 Å². The maximum absolute atomic E-state index is 7.50. The average Bonchev–Trinajstić information content (AvgIpc) is 1.91. The summed E-state index contributed by atoms with van der Waals surface area (Å²) in [4.78, 5) is 7.50. The first-order chi connectivity index (χ1) is 3.81. The van der Waals surface area contributed by atoms with Gasteiger partial charge >= 0.3 is 44.7 Å². The fraction of sp³-hybridized carbons (Fsp3) is 0.167. The van der Waals surface area contributed by atoms with Crippen molar-refractivity contribution in [3.63, 3.8) is 0 Å². The molecule has 49 valence electrons. The van der Waals surface area contributed by atoms with Crippen LogP contribution in [0.2, 0.25) is 5.31 Å². The SMILES string of the molecule is C=[CH][Pt]([CH3])[CH]=C.[C]=O. The van der Waals surface area contributed by atoms with Gasteiger partial charge in [0.2, 0.25) is 0 Å². The molecular formula is C6H9OPt. The molecule has 0 bridgehead atoms. The predicted molar refractivity (Wildman–Crippen MR) is 32.0 cm³/mol. The summed E-state index contributed by atoms with van der Waals surface area (Å²) in [7, 11) is 0. The summed E-state index contributed by atoms with van der Waals surface area (Å²) in [6.45, 7) is 11.8. The molecule has 0 aromatic rings. The zero-order valence-corrected chi connectivity index (χ0v) is 7.07. The average molecular weight is 292 g/mol. The van der Waals surface area contributed by atoms with E-state index in [1.165, 1.54) is 0 Å². The van der Waals surface area contributed by atoms with Gasteiger partial charge in [-0.1, -0.05) is 0 Å². The molecule has 0 amide bonds.